The molecule has 22 heavy (non-hydrogen) atoms. The molecule has 0 radical (unpaired) electrons. The van der Waals surface area contributed by atoms with Crippen LogP contribution in [0.2, 0.25) is 5.02 Å². The number of nitrogens with zero attached hydrogens (tertiary/aromatic N) is 2. The van der Waals surface area contributed by atoms with E-state index in [0.29, 0.717) is 15.2 Å². The Morgan fingerprint density at radius 1 is 1.41 bits per heavy atom. The van der Waals surface area contributed by atoms with E-state index in [1.165, 1.54) is 23.7 Å². The van der Waals surface area contributed by atoms with Gasteiger partial charge in [0.1, 0.15) is 4.90 Å². The van der Waals surface area contributed by atoms with Crippen LogP contribution in [0.3, 0.4) is 0 Å². The highest BCUT2D eigenvalue weighted by Gasteiger charge is 2.29. The van der Waals surface area contributed by atoms with Crippen LogP contribution in [0.25, 0.3) is 0 Å². The fraction of sp³-hybridized carbons (Fsp3) is 0.214. The number of aromatic nitrogens is 1. The Morgan fingerprint density at radius 2 is 2.14 bits per heavy atom. The molecule has 0 N–H and O–H groups in total. The summed E-state index contributed by atoms with van der Waals surface area (Å²) in [5.41, 5.74) is 0.475. The van der Waals surface area contributed by atoms with E-state index in [1.54, 1.807) is 31.3 Å². The van der Waals surface area contributed by atoms with Crippen LogP contribution in [0.4, 0.5) is 5.69 Å². The Bertz CT molecular complexity index is 769. The minimum atomic E-state index is -3.84. The minimum absolute atomic E-state index is 0.0000723. The van der Waals surface area contributed by atoms with Crippen LogP contribution in [0.15, 0.2) is 46.0 Å². The molecule has 1 aromatic carbocycles. The highest BCUT2D eigenvalue weighted by atomic mass is 79.9. The predicted octanol–water partition coefficient (Wildman–Crippen LogP) is 3.72. The van der Waals surface area contributed by atoms with Crippen molar-refractivity contribution in [1.29, 1.82) is 0 Å². The molecule has 0 fully saturated rings. The molecule has 0 aliphatic rings. The number of rotatable bonds is 5. The molecule has 1 aromatic heterocycles. The zero-order valence-electron chi connectivity index (χ0n) is 12.0. The van der Waals surface area contributed by atoms with Crippen LogP contribution in [0.5, 0.6) is 5.75 Å². The van der Waals surface area contributed by atoms with Crippen molar-refractivity contribution in [2.45, 2.75) is 11.8 Å². The lowest BCUT2D eigenvalue weighted by Gasteiger charge is -2.24. The van der Waals surface area contributed by atoms with Gasteiger partial charge in [-0.2, -0.15) is 0 Å². The van der Waals surface area contributed by atoms with Crippen molar-refractivity contribution in [1.82, 2.24) is 4.98 Å². The Kier molecular flexibility index (Phi) is 5.31. The third-order valence-electron chi connectivity index (χ3n) is 2.97. The van der Waals surface area contributed by atoms with Crippen LogP contribution < -0.4 is 9.04 Å². The maximum Gasteiger partial charge on any atom is 0.268 e. The molecule has 8 heteroatoms. The molecule has 0 saturated heterocycles. The molecule has 5 nitrogen and oxygen atoms in total. The average Bonchev–Trinajstić information content (AvgIpc) is 2.48. The molecular formula is C14H14BrClN2O3S. The Labute approximate surface area is 143 Å². The van der Waals surface area contributed by atoms with E-state index in [2.05, 4.69) is 20.9 Å². The summed E-state index contributed by atoms with van der Waals surface area (Å²) in [6.45, 7) is 2.00. The van der Waals surface area contributed by atoms with Gasteiger partial charge >= 0.3 is 0 Å². The van der Waals surface area contributed by atoms with Gasteiger partial charge in [-0.1, -0.05) is 11.6 Å². The second-order valence-corrected chi connectivity index (χ2v) is 7.42. The summed E-state index contributed by atoms with van der Waals surface area (Å²) >= 11 is 9.27. The SMILES string of the molecule is CCN(c1cccnc1)S(=O)(=O)c1cc(Cl)cc(Br)c1OC. The first-order valence-corrected chi connectivity index (χ1v) is 8.98. The largest absolute Gasteiger partial charge is 0.494 e. The van der Waals surface area contributed by atoms with Crippen molar-refractivity contribution in [2.24, 2.45) is 0 Å². The Morgan fingerprint density at radius 3 is 2.68 bits per heavy atom. The van der Waals surface area contributed by atoms with Gasteiger partial charge in [0.25, 0.3) is 10.0 Å². The summed E-state index contributed by atoms with van der Waals surface area (Å²) in [4.78, 5) is 3.97. The van der Waals surface area contributed by atoms with Crippen LogP contribution in [0.1, 0.15) is 6.92 Å². The fourth-order valence-corrected chi connectivity index (χ4v) is 4.87. The number of pyridine rings is 1. The summed E-state index contributed by atoms with van der Waals surface area (Å²) < 4.78 is 32.9. The highest BCUT2D eigenvalue weighted by Crippen LogP contribution is 2.37. The third-order valence-corrected chi connectivity index (χ3v) is 5.68. The van der Waals surface area contributed by atoms with E-state index in [-0.39, 0.29) is 17.2 Å². The number of hydrogen-bond acceptors (Lipinski definition) is 4. The van der Waals surface area contributed by atoms with Crippen LogP contribution in [0, 0.1) is 0 Å². The number of anilines is 1. The van der Waals surface area contributed by atoms with E-state index >= 15 is 0 Å². The van der Waals surface area contributed by atoms with Gasteiger partial charge in [-0.25, -0.2) is 8.42 Å². The lowest BCUT2D eigenvalue weighted by molar-refractivity contribution is 0.400. The summed E-state index contributed by atoms with van der Waals surface area (Å²) in [6, 6.07) is 6.32. The maximum absolute atomic E-state index is 13.0. The van der Waals surface area contributed by atoms with Crippen molar-refractivity contribution in [3.05, 3.63) is 46.2 Å². The van der Waals surface area contributed by atoms with Crippen LogP contribution in [-0.4, -0.2) is 27.1 Å². The van der Waals surface area contributed by atoms with Crippen molar-refractivity contribution < 1.29 is 13.2 Å². The molecule has 0 amide bonds. The van der Waals surface area contributed by atoms with Gasteiger partial charge in [0.2, 0.25) is 0 Å². The van der Waals surface area contributed by atoms with Gasteiger partial charge in [0.05, 0.1) is 23.5 Å². The van der Waals surface area contributed by atoms with Gasteiger partial charge < -0.3 is 4.74 Å². The number of ether oxygens (including phenoxy) is 1. The molecule has 2 aromatic rings. The number of benzene rings is 1. The number of halogens is 2. The molecule has 0 unspecified atom stereocenters. The average molecular weight is 406 g/mol. The van der Waals surface area contributed by atoms with Gasteiger partial charge in [-0.05, 0) is 47.1 Å². The number of hydrogen-bond donors (Lipinski definition) is 0. The molecule has 118 valence electrons. The fourth-order valence-electron chi connectivity index (χ4n) is 2.04. The van der Waals surface area contributed by atoms with Crippen molar-refractivity contribution in [3.8, 4) is 5.75 Å². The number of sulfonamides is 1. The quantitative estimate of drug-likeness (QED) is 0.760. The van der Waals surface area contributed by atoms with E-state index < -0.39 is 10.0 Å². The van der Waals surface area contributed by atoms with Crippen LogP contribution in [-0.2, 0) is 10.0 Å². The van der Waals surface area contributed by atoms with Gasteiger partial charge in [-0.3, -0.25) is 9.29 Å². The van der Waals surface area contributed by atoms with Crippen LogP contribution >= 0.6 is 27.5 Å². The Hall–Kier alpha value is -1.31. The third kappa shape index (κ3) is 3.21. The van der Waals surface area contributed by atoms with E-state index in [0.717, 1.165) is 0 Å². The first kappa shape index (κ1) is 17.1. The topological polar surface area (TPSA) is 59.5 Å². The lowest BCUT2D eigenvalue weighted by Crippen LogP contribution is -2.31. The molecule has 0 atom stereocenters. The van der Waals surface area contributed by atoms with Gasteiger partial charge in [0, 0.05) is 17.8 Å². The summed E-state index contributed by atoms with van der Waals surface area (Å²) in [5, 5.41) is 0.300. The second-order valence-electron chi connectivity index (χ2n) is 4.30. The van der Waals surface area contributed by atoms with Gasteiger partial charge in [-0.15, -0.1) is 0 Å². The molecule has 2 rings (SSSR count). The molecule has 0 spiro atoms. The molecule has 0 saturated carbocycles. The minimum Gasteiger partial charge on any atom is -0.494 e. The first-order valence-electron chi connectivity index (χ1n) is 6.37. The van der Waals surface area contributed by atoms with E-state index in [1.807, 2.05) is 0 Å². The normalized spacial score (nSPS) is 11.3. The standard InChI is InChI=1S/C14H14BrClN2O3S/c1-3-18(11-5-4-6-17-9-11)22(19,20)13-8-10(16)7-12(15)14(13)21-2/h4-9H,3H2,1-2H3. The van der Waals surface area contributed by atoms with E-state index in [9.17, 15) is 8.42 Å². The molecule has 0 aliphatic heterocycles. The summed E-state index contributed by atoms with van der Waals surface area (Å²) in [6.07, 6.45) is 3.08. The summed E-state index contributed by atoms with van der Waals surface area (Å²) in [7, 11) is -2.43. The number of methoxy groups -OCH3 is 1. The zero-order valence-corrected chi connectivity index (χ0v) is 15.1. The summed E-state index contributed by atoms with van der Waals surface area (Å²) in [5.74, 6) is 0.215. The van der Waals surface area contributed by atoms with E-state index in [4.69, 9.17) is 16.3 Å². The van der Waals surface area contributed by atoms with Gasteiger partial charge in [0.15, 0.2) is 5.75 Å². The van der Waals surface area contributed by atoms with Crippen molar-refractivity contribution in [2.75, 3.05) is 18.0 Å². The maximum atomic E-state index is 13.0. The second kappa shape index (κ2) is 6.85. The molecule has 0 aliphatic carbocycles. The molecular weight excluding hydrogens is 392 g/mol. The first-order chi connectivity index (χ1) is 10.4. The van der Waals surface area contributed by atoms with Crippen molar-refractivity contribution >= 4 is 43.2 Å². The zero-order chi connectivity index (χ0) is 16.3. The lowest BCUT2D eigenvalue weighted by atomic mass is 10.3. The Balaban J connectivity index is 2.64. The predicted molar refractivity (Wildman–Crippen MR) is 90.1 cm³/mol. The molecule has 0 bridgehead atoms. The van der Waals surface area contributed by atoms with Crippen molar-refractivity contribution in [3.63, 3.8) is 0 Å². The smallest absolute Gasteiger partial charge is 0.268 e. The monoisotopic (exact) mass is 404 g/mol. The molecule has 1 heterocycles. The highest BCUT2D eigenvalue weighted by molar-refractivity contribution is 9.10.